The molecule has 2 heterocycles. The summed E-state index contributed by atoms with van der Waals surface area (Å²) in [5.41, 5.74) is 19.0. The first kappa shape index (κ1) is 52.4. The molecular weight excluding hydrogens is 1090 g/mol. The molecule has 17 aromatic rings. The third-order valence-electron chi connectivity index (χ3n) is 17.8. The highest BCUT2D eigenvalue weighted by Crippen LogP contribution is 2.49. The van der Waals surface area contributed by atoms with Gasteiger partial charge < -0.3 is 18.6 Å². The molecule has 0 amide bonds. The van der Waals surface area contributed by atoms with Gasteiger partial charge in [-0.05, 0) is 149 Å². The van der Waals surface area contributed by atoms with E-state index in [0.717, 1.165) is 112 Å². The molecule has 90 heavy (non-hydrogen) atoms. The van der Waals surface area contributed by atoms with Crippen LogP contribution < -0.4 is 9.80 Å². The molecule has 0 fully saturated rings. The lowest BCUT2D eigenvalue weighted by atomic mass is 9.86. The summed E-state index contributed by atoms with van der Waals surface area (Å²) in [7, 11) is 0. The van der Waals surface area contributed by atoms with Gasteiger partial charge in [-0.2, -0.15) is 0 Å². The minimum absolute atomic E-state index is 0.824. The van der Waals surface area contributed by atoms with Gasteiger partial charge in [-0.3, -0.25) is 0 Å². The lowest BCUT2D eigenvalue weighted by Gasteiger charge is -2.26. The lowest BCUT2D eigenvalue weighted by Crippen LogP contribution is -2.10. The van der Waals surface area contributed by atoms with Gasteiger partial charge in [0.1, 0.15) is 22.7 Å². The Labute approximate surface area is 521 Å². The van der Waals surface area contributed by atoms with Crippen LogP contribution in [0, 0.1) is 0 Å². The molecule has 0 unspecified atom stereocenters. The van der Waals surface area contributed by atoms with Crippen molar-refractivity contribution in [2.75, 3.05) is 9.80 Å². The molecule has 422 valence electrons. The fourth-order valence-corrected chi connectivity index (χ4v) is 13.6. The fourth-order valence-electron chi connectivity index (χ4n) is 13.6. The van der Waals surface area contributed by atoms with Crippen LogP contribution in [0.3, 0.4) is 0 Å². The van der Waals surface area contributed by atoms with Crippen molar-refractivity contribution in [3.63, 3.8) is 0 Å². The van der Waals surface area contributed by atoms with E-state index in [2.05, 4.69) is 337 Å². The summed E-state index contributed by atoms with van der Waals surface area (Å²) < 4.78 is 13.9. The summed E-state index contributed by atoms with van der Waals surface area (Å²) in [6.07, 6.45) is 0. The van der Waals surface area contributed by atoms with Crippen molar-refractivity contribution in [3.8, 4) is 67.2 Å². The maximum absolute atomic E-state index is 6.95. The van der Waals surface area contributed by atoms with Crippen LogP contribution in [-0.2, 0) is 0 Å². The van der Waals surface area contributed by atoms with E-state index < -0.39 is 0 Å². The van der Waals surface area contributed by atoms with Crippen LogP contribution >= 0.6 is 0 Å². The normalized spacial score (nSPS) is 11.6. The molecule has 0 spiro atoms. The molecule has 4 nitrogen and oxygen atoms in total. The fraction of sp³-hybridized carbons (Fsp3) is 0. The molecule has 0 aliphatic carbocycles. The molecule has 17 rings (SSSR count). The predicted octanol–water partition coefficient (Wildman–Crippen LogP) is 24.7. The largest absolute Gasteiger partial charge is 0.455 e. The third kappa shape index (κ3) is 9.17. The van der Waals surface area contributed by atoms with Crippen molar-refractivity contribution in [1.82, 2.24) is 0 Å². The number of furan rings is 2. The van der Waals surface area contributed by atoms with Gasteiger partial charge in [0, 0.05) is 79.3 Å². The minimum Gasteiger partial charge on any atom is -0.455 e. The number of rotatable bonds is 12. The van der Waals surface area contributed by atoms with Gasteiger partial charge in [0.05, 0.1) is 0 Å². The van der Waals surface area contributed by atoms with Crippen molar-refractivity contribution < 1.29 is 8.83 Å². The van der Waals surface area contributed by atoms with Gasteiger partial charge in [0.15, 0.2) is 0 Å². The standard InChI is InChI=1S/C86H56N2O2/c1-5-23-59(24-6-1)83-77-51-49-71(55-79(77)89-85(83)63-27-9-3-10-28-63)87(69-47-37-57-21-13-15-31-65(57)53-69)67-43-39-61(40-44-67)81-73-33-17-19-35-75(73)82(76-36-20-18-34-74(76)81)62-41-45-68(46-42-62)88(70-48-38-58-22-14-16-32-66(58)54-70)72-50-52-78-80(56-72)90-86(64-29-11-4-12-30-64)84(78)60-25-7-2-8-26-60/h1-56H. The molecule has 0 bridgehead atoms. The number of hydrogen-bond acceptors (Lipinski definition) is 4. The number of benzene rings is 15. The monoisotopic (exact) mass is 1150 g/mol. The van der Waals surface area contributed by atoms with E-state index >= 15 is 0 Å². The van der Waals surface area contributed by atoms with Crippen LogP contribution in [0.2, 0.25) is 0 Å². The number of anilines is 6. The Bertz CT molecular complexity index is 5120. The quantitative estimate of drug-likeness (QED) is 0.114. The topological polar surface area (TPSA) is 32.8 Å². The van der Waals surface area contributed by atoms with E-state index in [-0.39, 0.29) is 0 Å². The second-order valence-corrected chi connectivity index (χ2v) is 23.1. The summed E-state index contributed by atoms with van der Waals surface area (Å²) in [6.45, 7) is 0. The second-order valence-electron chi connectivity index (χ2n) is 23.1. The molecule has 0 radical (unpaired) electrons. The summed E-state index contributed by atoms with van der Waals surface area (Å²) in [5.74, 6) is 1.72. The number of hydrogen-bond donors (Lipinski definition) is 0. The maximum atomic E-state index is 6.95. The first-order valence-corrected chi connectivity index (χ1v) is 30.7. The molecule has 0 aliphatic heterocycles. The Morgan fingerprint density at radius 2 is 0.456 bits per heavy atom. The van der Waals surface area contributed by atoms with E-state index in [9.17, 15) is 0 Å². The zero-order valence-corrected chi connectivity index (χ0v) is 49.0. The highest BCUT2D eigenvalue weighted by molar-refractivity contribution is 6.21. The van der Waals surface area contributed by atoms with E-state index in [1.165, 1.54) is 54.2 Å². The number of nitrogens with zero attached hydrogens (tertiary/aromatic N) is 2. The van der Waals surface area contributed by atoms with E-state index in [4.69, 9.17) is 8.83 Å². The van der Waals surface area contributed by atoms with Crippen LogP contribution in [0.4, 0.5) is 34.1 Å². The second kappa shape index (κ2) is 22.1. The highest BCUT2D eigenvalue weighted by Gasteiger charge is 2.25. The van der Waals surface area contributed by atoms with Crippen LogP contribution in [0.25, 0.3) is 132 Å². The van der Waals surface area contributed by atoms with Crippen molar-refractivity contribution in [2.24, 2.45) is 0 Å². The summed E-state index contributed by atoms with van der Waals surface area (Å²) >= 11 is 0. The smallest absolute Gasteiger partial charge is 0.143 e. The van der Waals surface area contributed by atoms with Crippen LogP contribution in [-0.4, -0.2) is 0 Å². The number of fused-ring (bicyclic) bond motifs is 6. The Kier molecular flexibility index (Phi) is 12.8. The first-order chi connectivity index (χ1) is 44.6. The average Bonchev–Trinajstić information content (AvgIpc) is 0.937. The van der Waals surface area contributed by atoms with Gasteiger partial charge in [0.2, 0.25) is 0 Å². The van der Waals surface area contributed by atoms with Gasteiger partial charge in [-0.15, -0.1) is 0 Å². The molecule has 4 heteroatoms. The van der Waals surface area contributed by atoms with Crippen molar-refractivity contribution >= 4 is 99.2 Å². The maximum Gasteiger partial charge on any atom is 0.143 e. The average molecular weight is 1150 g/mol. The zero-order chi connectivity index (χ0) is 59.5. The van der Waals surface area contributed by atoms with Crippen LogP contribution in [0.5, 0.6) is 0 Å². The molecule has 2 aromatic heterocycles. The molecule has 0 atom stereocenters. The van der Waals surface area contributed by atoms with Crippen molar-refractivity contribution in [3.05, 3.63) is 340 Å². The molecule has 0 saturated heterocycles. The molecule has 15 aromatic carbocycles. The van der Waals surface area contributed by atoms with E-state index in [1.807, 2.05) is 12.1 Å². The van der Waals surface area contributed by atoms with Crippen LogP contribution in [0.15, 0.2) is 349 Å². The van der Waals surface area contributed by atoms with Gasteiger partial charge in [0.25, 0.3) is 0 Å². The Hall–Kier alpha value is -12.0. The third-order valence-corrected chi connectivity index (χ3v) is 17.8. The highest BCUT2D eigenvalue weighted by atomic mass is 16.3. The van der Waals surface area contributed by atoms with Crippen molar-refractivity contribution in [2.45, 2.75) is 0 Å². The Morgan fingerprint density at radius 3 is 0.822 bits per heavy atom. The van der Waals surface area contributed by atoms with Crippen molar-refractivity contribution in [1.29, 1.82) is 0 Å². The minimum atomic E-state index is 0.824. The molecule has 0 aliphatic rings. The summed E-state index contributed by atoms with van der Waals surface area (Å²) in [6, 6.07) is 122. The Balaban J connectivity index is 0.772. The SMILES string of the molecule is c1ccc(-c2oc3cc(N(c4ccc(-c5c6ccccc6c(-c6ccc(N(c7ccc8ccccc8c7)c7ccc8c(-c9ccccc9)c(-c9ccccc9)oc8c7)cc6)c6ccccc56)cc4)c4ccc5ccccc5c4)ccc3c2-c2ccccc2)cc1. The molecular formula is C86H56N2O2. The van der Waals surface area contributed by atoms with Crippen LogP contribution in [0.1, 0.15) is 0 Å². The van der Waals surface area contributed by atoms with E-state index in [0.29, 0.717) is 0 Å². The lowest BCUT2D eigenvalue weighted by molar-refractivity contribution is 0.632. The zero-order valence-electron chi connectivity index (χ0n) is 49.0. The predicted molar refractivity (Wildman–Crippen MR) is 378 cm³/mol. The van der Waals surface area contributed by atoms with Gasteiger partial charge >= 0.3 is 0 Å². The summed E-state index contributed by atoms with van der Waals surface area (Å²) in [4.78, 5) is 4.71. The molecule has 0 saturated carbocycles. The van der Waals surface area contributed by atoms with Gasteiger partial charge in [-0.25, -0.2) is 0 Å². The first-order valence-electron chi connectivity index (χ1n) is 30.7. The van der Waals surface area contributed by atoms with E-state index in [1.54, 1.807) is 0 Å². The molecule has 0 N–H and O–H groups in total. The van der Waals surface area contributed by atoms with Gasteiger partial charge in [-0.1, -0.05) is 255 Å². The Morgan fingerprint density at radius 1 is 0.178 bits per heavy atom. The summed E-state index contributed by atoms with van der Waals surface area (Å²) in [5, 5.41) is 11.6.